The third-order valence-corrected chi connectivity index (χ3v) is 5.45. The van der Waals surface area contributed by atoms with E-state index >= 15 is 0 Å². The lowest BCUT2D eigenvalue weighted by Crippen LogP contribution is -2.54. The fourth-order valence-electron chi connectivity index (χ4n) is 3.94. The van der Waals surface area contributed by atoms with Crippen LogP contribution in [-0.4, -0.2) is 83.1 Å². The van der Waals surface area contributed by atoms with Gasteiger partial charge in [-0.3, -0.25) is 4.79 Å². The number of hydrogen-bond donors (Lipinski definition) is 1. The Morgan fingerprint density at radius 1 is 1.12 bits per heavy atom. The minimum atomic E-state index is -0.504. The molecule has 8 nitrogen and oxygen atoms in total. The van der Waals surface area contributed by atoms with Crippen molar-refractivity contribution >= 4 is 18.0 Å². The number of amides is 4. The average molecular weight is 366 g/mol. The van der Waals surface area contributed by atoms with Crippen LogP contribution in [0.5, 0.6) is 0 Å². The topological polar surface area (TPSA) is 82.2 Å². The van der Waals surface area contributed by atoms with Gasteiger partial charge in [-0.15, -0.1) is 0 Å². The molecule has 3 saturated heterocycles. The van der Waals surface area contributed by atoms with Crippen LogP contribution < -0.4 is 5.32 Å². The van der Waals surface area contributed by atoms with Crippen molar-refractivity contribution in [2.45, 2.75) is 70.2 Å². The molecule has 0 spiro atoms. The molecule has 0 radical (unpaired) electrons. The molecule has 0 aromatic carbocycles. The van der Waals surface area contributed by atoms with E-state index in [4.69, 9.17) is 4.74 Å². The molecular weight excluding hydrogens is 336 g/mol. The standard InChI is InChI=1S/C18H30N4O4/c1-18(2,3)26-17(25)21-9-7-12(8-10-21)19-15(23)14-6-5-13-11-22(14)16(24)20(13)4/h12-14H,5-11H2,1-4H3,(H,19,23)/t13-,14+/m1/s1. The first-order valence-electron chi connectivity index (χ1n) is 9.47. The number of likely N-dealkylation sites (N-methyl/N-ethyl adjacent to an activating group) is 1. The summed E-state index contributed by atoms with van der Waals surface area (Å²) < 4.78 is 5.39. The molecule has 3 aliphatic rings. The number of ether oxygens (including phenoxy) is 1. The summed E-state index contributed by atoms with van der Waals surface area (Å²) in [5.74, 6) is -0.0668. The molecule has 0 aromatic rings. The predicted molar refractivity (Wildman–Crippen MR) is 95.6 cm³/mol. The summed E-state index contributed by atoms with van der Waals surface area (Å²) in [6, 6.07) is -0.141. The van der Waals surface area contributed by atoms with Gasteiger partial charge < -0.3 is 24.8 Å². The Balaban J connectivity index is 1.48. The predicted octanol–water partition coefficient (Wildman–Crippen LogP) is 1.40. The Morgan fingerprint density at radius 2 is 1.77 bits per heavy atom. The number of carbonyl (C=O) groups is 3. The van der Waals surface area contributed by atoms with Crippen molar-refractivity contribution < 1.29 is 19.1 Å². The smallest absolute Gasteiger partial charge is 0.410 e. The lowest BCUT2D eigenvalue weighted by Gasteiger charge is -2.35. The molecule has 0 aliphatic carbocycles. The van der Waals surface area contributed by atoms with Crippen LogP contribution in [0.3, 0.4) is 0 Å². The van der Waals surface area contributed by atoms with Gasteiger partial charge in [0.15, 0.2) is 0 Å². The highest BCUT2D eigenvalue weighted by molar-refractivity contribution is 5.89. The van der Waals surface area contributed by atoms with Gasteiger partial charge in [-0.05, 0) is 46.5 Å². The maximum atomic E-state index is 12.7. The Labute approximate surface area is 154 Å². The fraction of sp³-hybridized carbons (Fsp3) is 0.833. The number of carbonyl (C=O) groups excluding carboxylic acids is 3. The molecule has 0 aromatic heterocycles. The maximum Gasteiger partial charge on any atom is 0.410 e. The first-order valence-corrected chi connectivity index (χ1v) is 9.47. The molecule has 3 fully saturated rings. The molecule has 0 unspecified atom stereocenters. The summed E-state index contributed by atoms with van der Waals surface area (Å²) in [4.78, 5) is 42.2. The first-order chi connectivity index (χ1) is 12.2. The Hall–Kier alpha value is -1.99. The van der Waals surface area contributed by atoms with Crippen LogP contribution in [0, 0.1) is 0 Å². The highest BCUT2D eigenvalue weighted by Gasteiger charge is 2.45. The number of piperidine rings is 2. The molecule has 3 aliphatic heterocycles. The second kappa shape index (κ2) is 6.96. The van der Waals surface area contributed by atoms with Crippen LogP contribution in [0.25, 0.3) is 0 Å². The Morgan fingerprint density at radius 3 is 2.38 bits per heavy atom. The van der Waals surface area contributed by atoms with Crippen molar-refractivity contribution in [3.05, 3.63) is 0 Å². The minimum absolute atomic E-state index is 0.0364. The van der Waals surface area contributed by atoms with Crippen LogP contribution >= 0.6 is 0 Å². The number of nitrogens with zero attached hydrogens (tertiary/aromatic N) is 3. The van der Waals surface area contributed by atoms with Gasteiger partial charge in [-0.25, -0.2) is 9.59 Å². The molecular formula is C18H30N4O4. The van der Waals surface area contributed by atoms with E-state index in [1.54, 1.807) is 21.7 Å². The molecule has 4 amide bonds. The van der Waals surface area contributed by atoms with Gasteiger partial charge >= 0.3 is 12.1 Å². The number of hydrogen-bond acceptors (Lipinski definition) is 4. The molecule has 2 atom stereocenters. The first kappa shape index (κ1) is 18.8. The van der Waals surface area contributed by atoms with E-state index in [9.17, 15) is 14.4 Å². The van der Waals surface area contributed by atoms with Gasteiger partial charge in [-0.1, -0.05) is 0 Å². The summed E-state index contributed by atoms with van der Waals surface area (Å²) in [7, 11) is 1.81. The Bertz CT molecular complexity index is 580. The molecule has 3 heterocycles. The minimum Gasteiger partial charge on any atom is -0.444 e. The zero-order chi connectivity index (χ0) is 19.1. The van der Waals surface area contributed by atoms with Crippen molar-refractivity contribution in [2.24, 2.45) is 0 Å². The quantitative estimate of drug-likeness (QED) is 0.801. The number of rotatable bonds is 2. The zero-order valence-electron chi connectivity index (χ0n) is 16.2. The van der Waals surface area contributed by atoms with E-state index in [0.717, 1.165) is 6.42 Å². The highest BCUT2D eigenvalue weighted by atomic mass is 16.6. The van der Waals surface area contributed by atoms with Crippen LogP contribution in [0.1, 0.15) is 46.5 Å². The second-order valence-corrected chi connectivity index (χ2v) is 8.54. The van der Waals surface area contributed by atoms with Gasteiger partial charge in [0, 0.05) is 32.7 Å². The molecule has 146 valence electrons. The summed E-state index contributed by atoms with van der Waals surface area (Å²) >= 11 is 0. The summed E-state index contributed by atoms with van der Waals surface area (Å²) in [5, 5.41) is 3.08. The molecule has 1 N–H and O–H groups in total. The van der Waals surface area contributed by atoms with Crippen molar-refractivity contribution in [2.75, 3.05) is 26.7 Å². The van der Waals surface area contributed by atoms with E-state index in [2.05, 4.69) is 5.32 Å². The largest absolute Gasteiger partial charge is 0.444 e. The van der Waals surface area contributed by atoms with E-state index < -0.39 is 5.60 Å². The number of urea groups is 1. The SMILES string of the molecule is CN1C(=O)N2C[C@H]1CC[C@H]2C(=O)NC1CCN(C(=O)OC(C)(C)C)CC1. The van der Waals surface area contributed by atoms with Crippen molar-refractivity contribution in [3.8, 4) is 0 Å². The number of nitrogens with one attached hydrogen (secondary N) is 1. The van der Waals surface area contributed by atoms with E-state index in [-0.39, 0.29) is 36.2 Å². The average Bonchev–Trinajstić information content (AvgIpc) is 2.78. The monoisotopic (exact) mass is 366 g/mol. The lowest BCUT2D eigenvalue weighted by atomic mass is 9.98. The van der Waals surface area contributed by atoms with E-state index in [1.807, 2.05) is 20.8 Å². The zero-order valence-corrected chi connectivity index (χ0v) is 16.2. The molecule has 3 rings (SSSR count). The van der Waals surface area contributed by atoms with Gasteiger partial charge in [0.25, 0.3) is 0 Å². The van der Waals surface area contributed by atoms with Crippen molar-refractivity contribution in [1.82, 2.24) is 20.0 Å². The number of fused-ring (bicyclic) bond motifs is 2. The third-order valence-electron chi connectivity index (χ3n) is 5.45. The van der Waals surface area contributed by atoms with Gasteiger partial charge in [-0.2, -0.15) is 0 Å². The van der Waals surface area contributed by atoms with Crippen LogP contribution in [0.4, 0.5) is 9.59 Å². The van der Waals surface area contributed by atoms with Crippen LogP contribution in [-0.2, 0) is 9.53 Å². The van der Waals surface area contributed by atoms with Crippen molar-refractivity contribution in [1.29, 1.82) is 0 Å². The normalized spacial score (nSPS) is 26.9. The van der Waals surface area contributed by atoms with Gasteiger partial charge in [0.1, 0.15) is 11.6 Å². The summed E-state index contributed by atoms with van der Waals surface area (Å²) in [6.45, 7) is 7.33. The summed E-state index contributed by atoms with van der Waals surface area (Å²) in [5.41, 5.74) is -0.504. The highest BCUT2D eigenvalue weighted by Crippen LogP contribution is 2.28. The van der Waals surface area contributed by atoms with Gasteiger partial charge in [0.05, 0.1) is 6.04 Å². The third kappa shape index (κ3) is 3.88. The van der Waals surface area contributed by atoms with Crippen molar-refractivity contribution in [3.63, 3.8) is 0 Å². The molecule has 0 saturated carbocycles. The fourth-order valence-corrected chi connectivity index (χ4v) is 3.94. The molecule has 26 heavy (non-hydrogen) atoms. The van der Waals surface area contributed by atoms with E-state index in [1.165, 1.54) is 0 Å². The molecule has 8 heteroatoms. The second-order valence-electron chi connectivity index (χ2n) is 8.54. The lowest BCUT2D eigenvalue weighted by molar-refractivity contribution is -0.127. The number of likely N-dealkylation sites (tertiary alicyclic amines) is 1. The van der Waals surface area contributed by atoms with E-state index in [0.29, 0.717) is 38.9 Å². The summed E-state index contributed by atoms with van der Waals surface area (Å²) in [6.07, 6.45) is 2.69. The molecule has 2 bridgehead atoms. The maximum absolute atomic E-state index is 12.7. The van der Waals surface area contributed by atoms with Gasteiger partial charge in [0.2, 0.25) is 5.91 Å². The van der Waals surface area contributed by atoms with Crippen LogP contribution in [0.15, 0.2) is 0 Å². The Kier molecular flexibility index (Phi) is 5.03. The van der Waals surface area contributed by atoms with Crippen LogP contribution in [0.2, 0.25) is 0 Å².